The van der Waals surface area contributed by atoms with Crippen LogP contribution in [0.1, 0.15) is 21.5 Å². The molecule has 0 saturated heterocycles. The number of allylic oxidation sites excluding steroid dienone is 1. The van der Waals surface area contributed by atoms with Crippen molar-refractivity contribution < 1.29 is 4.79 Å². The van der Waals surface area contributed by atoms with Crippen LogP contribution in [0.15, 0.2) is 30.5 Å². The van der Waals surface area contributed by atoms with Crippen LogP contribution in [0.4, 0.5) is 0 Å². The van der Waals surface area contributed by atoms with Gasteiger partial charge < -0.3 is 4.90 Å². The van der Waals surface area contributed by atoms with Crippen LogP contribution in [-0.2, 0) is 0 Å². The van der Waals surface area contributed by atoms with Crippen molar-refractivity contribution in [2.45, 2.75) is 13.8 Å². The number of aryl methyl sites for hydroxylation is 2. The number of ketones is 1. The topological polar surface area (TPSA) is 20.3 Å². The third-order valence-electron chi connectivity index (χ3n) is 2.18. The average molecular weight is 203 g/mol. The molecule has 15 heavy (non-hydrogen) atoms. The Hall–Kier alpha value is -1.57. The standard InChI is InChI=1S/C13H17NO/c1-10-5-6-11(2)12(9-10)13(15)7-8-14(3)4/h5-9H,1-4H3. The molecule has 1 rings (SSSR count). The maximum Gasteiger partial charge on any atom is 0.187 e. The summed E-state index contributed by atoms with van der Waals surface area (Å²) in [7, 11) is 3.79. The Morgan fingerprint density at radius 2 is 1.93 bits per heavy atom. The molecule has 0 aromatic heterocycles. The summed E-state index contributed by atoms with van der Waals surface area (Å²) in [6.45, 7) is 3.95. The van der Waals surface area contributed by atoms with Gasteiger partial charge in [-0.15, -0.1) is 0 Å². The molecular weight excluding hydrogens is 186 g/mol. The van der Waals surface area contributed by atoms with Crippen LogP contribution in [0, 0.1) is 13.8 Å². The Morgan fingerprint density at radius 1 is 1.27 bits per heavy atom. The normalized spacial score (nSPS) is 10.7. The first kappa shape index (κ1) is 11.5. The molecule has 1 aromatic rings. The number of carbonyl (C=O) groups is 1. The zero-order valence-electron chi connectivity index (χ0n) is 9.74. The van der Waals surface area contributed by atoms with Crippen LogP contribution < -0.4 is 0 Å². The summed E-state index contributed by atoms with van der Waals surface area (Å²) in [4.78, 5) is 13.7. The van der Waals surface area contributed by atoms with Gasteiger partial charge in [0.05, 0.1) is 0 Å². The highest BCUT2D eigenvalue weighted by Gasteiger charge is 2.05. The Bertz CT molecular complexity index is 392. The molecule has 2 nitrogen and oxygen atoms in total. The summed E-state index contributed by atoms with van der Waals surface area (Å²) in [5.41, 5.74) is 2.92. The zero-order valence-corrected chi connectivity index (χ0v) is 9.74. The minimum Gasteiger partial charge on any atom is -0.383 e. The summed E-state index contributed by atoms with van der Waals surface area (Å²) in [5, 5.41) is 0. The summed E-state index contributed by atoms with van der Waals surface area (Å²) in [5.74, 6) is 0.0601. The highest BCUT2D eigenvalue weighted by atomic mass is 16.1. The van der Waals surface area contributed by atoms with Crippen molar-refractivity contribution in [2.75, 3.05) is 14.1 Å². The molecular formula is C13H17NO. The van der Waals surface area contributed by atoms with Crippen molar-refractivity contribution in [1.29, 1.82) is 0 Å². The van der Waals surface area contributed by atoms with Crippen molar-refractivity contribution in [3.8, 4) is 0 Å². The Balaban J connectivity index is 2.96. The lowest BCUT2D eigenvalue weighted by molar-refractivity contribution is 0.104. The molecule has 0 spiro atoms. The van der Waals surface area contributed by atoms with Gasteiger partial charge in [-0.1, -0.05) is 17.7 Å². The van der Waals surface area contributed by atoms with Gasteiger partial charge in [0.2, 0.25) is 0 Å². The highest BCUT2D eigenvalue weighted by molar-refractivity contribution is 6.05. The fourth-order valence-electron chi connectivity index (χ4n) is 1.31. The maximum absolute atomic E-state index is 11.8. The van der Waals surface area contributed by atoms with Gasteiger partial charge in [-0.3, -0.25) is 4.79 Å². The Morgan fingerprint density at radius 3 is 2.53 bits per heavy atom. The zero-order chi connectivity index (χ0) is 11.4. The third-order valence-corrected chi connectivity index (χ3v) is 2.18. The predicted molar refractivity (Wildman–Crippen MR) is 63.1 cm³/mol. The number of nitrogens with zero attached hydrogens (tertiary/aromatic N) is 1. The lowest BCUT2D eigenvalue weighted by atomic mass is 10.0. The molecule has 2 heteroatoms. The van der Waals surface area contributed by atoms with Crippen molar-refractivity contribution in [1.82, 2.24) is 4.90 Å². The Labute approximate surface area is 91.2 Å². The highest BCUT2D eigenvalue weighted by Crippen LogP contribution is 2.11. The van der Waals surface area contributed by atoms with Crippen molar-refractivity contribution in [3.05, 3.63) is 47.2 Å². The van der Waals surface area contributed by atoms with E-state index in [0.717, 1.165) is 16.7 Å². The van der Waals surface area contributed by atoms with E-state index in [2.05, 4.69) is 0 Å². The molecule has 0 aliphatic carbocycles. The molecule has 0 unspecified atom stereocenters. The minimum absolute atomic E-state index is 0.0601. The molecule has 0 aliphatic rings. The monoisotopic (exact) mass is 203 g/mol. The molecule has 1 aromatic carbocycles. The fraction of sp³-hybridized carbons (Fsp3) is 0.308. The molecule has 0 N–H and O–H groups in total. The van der Waals surface area contributed by atoms with Crippen molar-refractivity contribution >= 4 is 5.78 Å². The van der Waals surface area contributed by atoms with E-state index < -0.39 is 0 Å². The van der Waals surface area contributed by atoms with Crippen LogP contribution in [0.5, 0.6) is 0 Å². The molecule has 0 amide bonds. The quantitative estimate of drug-likeness (QED) is 0.556. The largest absolute Gasteiger partial charge is 0.383 e. The van der Waals surface area contributed by atoms with Crippen LogP contribution in [0.3, 0.4) is 0 Å². The predicted octanol–water partition coefficient (Wildman–Crippen LogP) is 2.56. The van der Waals surface area contributed by atoms with Crippen LogP contribution in [0.2, 0.25) is 0 Å². The van der Waals surface area contributed by atoms with Crippen molar-refractivity contribution in [2.24, 2.45) is 0 Å². The number of hydrogen-bond acceptors (Lipinski definition) is 2. The smallest absolute Gasteiger partial charge is 0.187 e. The van der Waals surface area contributed by atoms with Gasteiger partial charge in [-0.2, -0.15) is 0 Å². The molecule has 0 bridgehead atoms. The SMILES string of the molecule is Cc1ccc(C)c(C(=O)C=CN(C)C)c1. The summed E-state index contributed by atoms with van der Waals surface area (Å²) >= 11 is 0. The second kappa shape index (κ2) is 4.78. The molecule has 0 atom stereocenters. The van der Waals surface area contributed by atoms with Gasteiger partial charge in [-0.25, -0.2) is 0 Å². The van der Waals surface area contributed by atoms with E-state index in [9.17, 15) is 4.79 Å². The van der Waals surface area contributed by atoms with Gasteiger partial charge in [0.1, 0.15) is 0 Å². The van der Waals surface area contributed by atoms with E-state index in [-0.39, 0.29) is 5.78 Å². The second-order valence-electron chi connectivity index (χ2n) is 3.96. The third kappa shape index (κ3) is 3.24. The lowest BCUT2D eigenvalue weighted by Crippen LogP contribution is -2.04. The van der Waals surface area contributed by atoms with E-state index >= 15 is 0 Å². The first-order chi connectivity index (χ1) is 7.00. The number of hydrogen-bond donors (Lipinski definition) is 0. The minimum atomic E-state index is 0.0601. The second-order valence-corrected chi connectivity index (χ2v) is 3.96. The number of rotatable bonds is 3. The molecule has 0 saturated carbocycles. The van der Waals surface area contributed by atoms with E-state index in [1.165, 1.54) is 0 Å². The van der Waals surface area contributed by atoms with E-state index in [4.69, 9.17) is 0 Å². The summed E-state index contributed by atoms with van der Waals surface area (Å²) < 4.78 is 0. The van der Waals surface area contributed by atoms with Gasteiger partial charge in [0.15, 0.2) is 5.78 Å². The van der Waals surface area contributed by atoms with Crippen LogP contribution in [-0.4, -0.2) is 24.8 Å². The first-order valence-corrected chi connectivity index (χ1v) is 4.97. The maximum atomic E-state index is 11.8. The summed E-state index contributed by atoms with van der Waals surface area (Å²) in [6.07, 6.45) is 3.37. The molecule has 0 fully saturated rings. The van der Waals surface area contributed by atoms with E-state index in [1.54, 1.807) is 12.3 Å². The van der Waals surface area contributed by atoms with E-state index in [0.29, 0.717) is 0 Å². The average Bonchev–Trinajstić information content (AvgIpc) is 2.18. The molecule has 0 radical (unpaired) electrons. The molecule has 0 aliphatic heterocycles. The first-order valence-electron chi connectivity index (χ1n) is 4.97. The lowest BCUT2D eigenvalue weighted by Gasteiger charge is -2.05. The summed E-state index contributed by atoms with van der Waals surface area (Å²) in [6, 6.07) is 5.92. The fourth-order valence-corrected chi connectivity index (χ4v) is 1.31. The van der Waals surface area contributed by atoms with Gasteiger partial charge in [0, 0.05) is 31.9 Å². The van der Waals surface area contributed by atoms with E-state index in [1.807, 2.05) is 51.0 Å². The molecule has 0 heterocycles. The van der Waals surface area contributed by atoms with Crippen LogP contribution in [0.25, 0.3) is 0 Å². The van der Waals surface area contributed by atoms with Gasteiger partial charge in [-0.05, 0) is 25.5 Å². The van der Waals surface area contributed by atoms with Crippen molar-refractivity contribution in [3.63, 3.8) is 0 Å². The van der Waals surface area contributed by atoms with Gasteiger partial charge >= 0.3 is 0 Å². The number of benzene rings is 1. The number of carbonyl (C=O) groups excluding carboxylic acids is 1. The van der Waals surface area contributed by atoms with Gasteiger partial charge in [0.25, 0.3) is 0 Å². The molecule has 80 valence electrons. The van der Waals surface area contributed by atoms with Crippen LogP contribution >= 0.6 is 0 Å². The Kier molecular flexibility index (Phi) is 3.67.